The van der Waals surface area contributed by atoms with Crippen LogP contribution in [-0.4, -0.2) is 26.2 Å². The van der Waals surface area contributed by atoms with E-state index in [1.165, 1.54) is 103 Å². The molecule has 0 aromatic rings. The first-order valence-electron chi connectivity index (χ1n) is 11.2. The molecule has 0 aromatic carbocycles. The predicted octanol–water partition coefficient (Wildman–Crippen LogP) is 5.29. The zero-order valence-electron chi connectivity index (χ0n) is 17.0. The summed E-state index contributed by atoms with van der Waals surface area (Å²) in [5.41, 5.74) is 10.9. The van der Waals surface area contributed by atoms with Gasteiger partial charge in [-0.15, -0.1) is 0 Å². The molecule has 0 rings (SSSR count). The molecule has 0 saturated heterocycles. The van der Waals surface area contributed by atoms with Crippen molar-refractivity contribution in [2.45, 2.75) is 103 Å². The van der Waals surface area contributed by atoms with Crippen LogP contribution in [0.3, 0.4) is 0 Å². The molecule has 0 heterocycles. The van der Waals surface area contributed by atoms with Gasteiger partial charge in [0.05, 0.1) is 0 Å². The summed E-state index contributed by atoms with van der Waals surface area (Å²) in [5, 5.41) is 3.36. The van der Waals surface area contributed by atoms with E-state index in [9.17, 15) is 0 Å². The number of unbranched alkanes of at least 4 members (excludes halogenated alkanes) is 14. The number of rotatable bonds is 21. The summed E-state index contributed by atoms with van der Waals surface area (Å²) in [4.78, 5) is 0. The van der Waals surface area contributed by atoms with Crippen molar-refractivity contribution in [3.8, 4) is 0 Å². The maximum absolute atomic E-state index is 5.50. The van der Waals surface area contributed by atoms with E-state index in [1.807, 2.05) is 0 Å². The van der Waals surface area contributed by atoms with Gasteiger partial charge in [0.15, 0.2) is 0 Å². The molecule has 25 heavy (non-hydrogen) atoms. The second-order valence-corrected chi connectivity index (χ2v) is 7.33. The summed E-state index contributed by atoms with van der Waals surface area (Å²) >= 11 is 0. The van der Waals surface area contributed by atoms with Gasteiger partial charge in [0, 0.05) is 13.1 Å². The SMILES string of the molecule is NCCCCCCCCC=CCCCCCCCCCCNCCN. The second kappa shape index (κ2) is 23.6. The lowest BCUT2D eigenvalue weighted by molar-refractivity contribution is 0.553. The van der Waals surface area contributed by atoms with Crippen LogP contribution in [0.5, 0.6) is 0 Å². The van der Waals surface area contributed by atoms with Gasteiger partial charge in [0.1, 0.15) is 0 Å². The van der Waals surface area contributed by atoms with Crippen LogP contribution in [0.1, 0.15) is 103 Å². The van der Waals surface area contributed by atoms with Gasteiger partial charge in [-0.1, -0.05) is 76.4 Å². The molecule has 0 spiro atoms. The molecule has 0 fully saturated rings. The van der Waals surface area contributed by atoms with Crippen LogP contribution < -0.4 is 16.8 Å². The van der Waals surface area contributed by atoms with Gasteiger partial charge < -0.3 is 16.8 Å². The van der Waals surface area contributed by atoms with E-state index in [0.29, 0.717) is 0 Å². The summed E-state index contributed by atoms with van der Waals surface area (Å²) in [6, 6.07) is 0. The average molecular weight is 354 g/mol. The van der Waals surface area contributed by atoms with Crippen LogP contribution in [0.15, 0.2) is 12.2 Å². The molecule has 0 aliphatic heterocycles. The van der Waals surface area contributed by atoms with Crippen molar-refractivity contribution in [1.82, 2.24) is 5.32 Å². The Balaban J connectivity index is 3.03. The number of hydrogen-bond donors (Lipinski definition) is 3. The number of nitrogens with one attached hydrogen (secondary N) is 1. The third-order valence-electron chi connectivity index (χ3n) is 4.79. The maximum atomic E-state index is 5.50. The zero-order chi connectivity index (χ0) is 18.3. The predicted molar refractivity (Wildman–Crippen MR) is 114 cm³/mol. The highest BCUT2D eigenvalue weighted by Gasteiger charge is 1.93. The highest BCUT2D eigenvalue weighted by molar-refractivity contribution is 4.81. The topological polar surface area (TPSA) is 64.1 Å². The lowest BCUT2D eigenvalue weighted by Crippen LogP contribution is -2.23. The third-order valence-corrected chi connectivity index (χ3v) is 4.79. The molecule has 0 saturated carbocycles. The van der Waals surface area contributed by atoms with Crippen molar-refractivity contribution in [3.63, 3.8) is 0 Å². The molecule has 0 aromatic heterocycles. The summed E-state index contributed by atoms with van der Waals surface area (Å²) in [6.45, 7) is 3.71. The van der Waals surface area contributed by atoms with E-state index < -0.39 is 0 Å². The largest absolute Gasteiger partial charge is 0.330 e. The average Bonchev–Trinajstić information content (AvgIpc) is 2.63. The van der Waals surface area contributed by atoms with E-state index in [2.05, 4.69) is 17.5 Å². The van der Waals surface area contributed by atoms with Gasteiger partial charge in [-0.3, -0.25) is 0 Å². The van der Waals surface area contributed by atoms with Gasteiger partial charge in [-0.05, 0) is 51.6 Å². The fourth-order valence-electron chi connectivity index (χ4n) is 3.15. The molecule has 0 atom stereocenters. The molecule has 3 nitrogen and oxygen atoms in total. The van der Waals surface area contributed by atoms with Gasteiger partial charge in [0.25, 0.3) is 0 Å². The molecule has 0 amide bonds. The summed E-state index contributed by atoms with van der Waals surface area (Å²) in [7, 11) is 0. The number of hydrogen-bond acceptors (Lipinski definition) is 3. The van der Waals surface area contributed by atoms with Crippen molar-refractivity contribution in [3.05, 3.63) is 12.2 Å². The molecule has 0 aliphatic carbocycles. The minimum atomic E-state index is 0.755. The van der Waals surface area contributed by atoms with Crippen LogP contribution in [0.25, 0.3) is 0 Å². The fourth-order valence-corrected chi connectivity index (χ4v) is 3.15. The molecule has 0 bridgehead atoms. The number of allylic oxidation sites excluding steroid dienone is 2. The number of nitrogens with two attached hydrogens (primary N) is 2. The van der Waals surface area contributed by atoms with Crippen LogP contribution in [-0.2, 0) is 0 Å². The highest BCUT2D eigenvalue weighted by Crippen LogP contribution is 2.11. The Morgan fingerprint density at radius 3 is 1.36 bits per heavy atom. The Hall–Kier alpha value is -0.380. The van der Waals surface area contributed by atoms with Crippen molar-refractivity contribution in [2.24, 2.45) is 11.5 Å². The normalized spacial score (nSPS) is 11.6. The molecule has 3 heteroatoms. The molecular formula is C22H47N3. The summed E-state index contributed by atoms with van der Waals surface area (Å²) in [6.07, 6.45) is 26.5. The monoisotopic (exact) mass is 353 g/mol. The Bertz CT molecular complexity index is 254. The molecule has 150 valence electrons. The van der Waals surface area contributed by atoms with Crippen molar-refractivity contribution < 1.29 is 0 Å². The Morgan fingerprint density at radius 1 is 0.440 bits per heavy atom. The Labute approximate surface area is 158 Å². The first kappa shape index (κ1) is 24.6. The quantitative estimate of drug-likeness (QED) is 0.194. The van der Waals surface area contributed by atoms with Gasteiger partial charge in [-0.25, -0.2) is 0 Å². The van der Waals surface area contributed by atoms with Crippen LogP contribution in [0.4, 0.5) is 0 Å². The summed E-state index contributed by atoms with van der Waals surface area (Å²) < 4.78 is 0. The van der Waals surface area contributed by atoms with E-state index in [0.717, 1.165) is 26.2 Å². The minimum absolute atomic E-state index is 0.755. The molecule has 0 aliphatic rings. The van der Waals surface area contributed by atoms with Crippen molar-refractivity contribution in [1.29, 1.82) is 0 Å². The highest BCUT2D eigenvalue weighted by atomic mass is 14.9. The van der Waals surface area contributed by atoms with E-state index in [4.69, 9.17) is 11.5 Å². The Kier molecular flexibility index (Phi) is 23.3. The van der Waals surface area contributed by atoms with Gasteiger partial charge in [-0.2, -0.15) is 0 Å². The van der Waals surface area contributed by atoms with Crippen molar-refractivity contribution >= 4 is 0 Å². The smallest absolute Gasteiger partial charge is 0.00745 e. The lowest BCUT2D eigenvalue weighted by atomic mass is 10.1. The minimum Gasteiger partial charge on any atom is -0.330 e. The van der Waals surface area contributed by atoms with E-state index >= 15 is 0 Å². The molecule has 0 radical (unpaired) electrons. The first-order valence-corrected chi connectivity index (χ1v) is 11.2. The van der Waals surface area contributed by atoms with Crippen LogP contribution in [0, 0.1) is 0 Å². The molecule has 0 unspecified atom stereocenters. The van der Waals surface area contributed by atoms with Gasteiger partial charge >= 0.3 is 0 Å². The first-order chi connectivity index (χ1) is 12.4. The lowest BCUT2D eigenvalue weighted by Gasteiger charge is -2.03. The third kappa shape index (κ3) is 23.6. The standard InChI is InChI=1S/C22H47N3/c23-19-17-15-13-11-9-7-5-3-1-2-4-6-8-10-12-14-16-18-21-25-22-20-24/h1,3,25H,2,4-24H2. The van der Waals surface area contributed by atoms with E-state index in [1.54, 1.807) is 0 Å². The molecular weight excluding hydrogens is 306 g/mol. The van der Waals surface area contributed by atoms with Crippen LogP contribution in [0.2, 0.25) is 0 Å². The summed E-state index contributed by atoms with van der Waals surface area (Å²) in [5.74, 6) is 0. The van der Waals surface area contributed by atoms with E-state index in [-0.39, 0.29) is 0 Å². The fraction of sp³-hybridized carbons (Fsp3) is 0.909. The Morgan fingerprint density at radius 2 is 0.880 bits per heavy atom. The van der Waals surface area contributed by atoms with Crippen molar-refractivity contribution in [2.75, 3.05) is 26.2 Å². The van der Waals surface area contributed by atoms with Gasteiger partial charge in [0.2, 0.25) is 0 Å². The molecule has 5 N–H and O–H groups in total. The second-order valence-electron chi connectivity index (χ2n) is 7.33. The zero-order valence-corrected chi connectivity index (χ0v) is 17.0. The maximum Gasteiger partial charge on any atom is 0.00745 e. The van der Waals surface area contributed by atoms with Crippen LogP contribution >= 0.6 is 0 Å².